The van der Waals surface area contributed by atoms with Gasteiger partial charge in [0.05, 0.1) is 0 Å². The van der Waals surface area contributed by atoms with Crippen molar-refractivity contribution < 1.29 is 9.59 Å². The number of rotatable bonds is 8. The van der Waals surface area contributed by atoms with Gasteiger partial charge in [0.1, 0.15) is 0 Å². The lowest BCUT2D eigenvalue weighted by atomic mass is 10.1. The Morgan fingerprint density at radius 1 is 1.17 bits per heavy atom. The summed E-state index contributed by atoms with van der Waals surface area (Å²) >= 11 is 0. The lowest BCUT2D eigenvalue weighted by molar-refractivity contribution is -0.133. The third-order valence-electron chi connectivity index (χ3n) is 4.30. The highest BCUT2D eigenvalue weighted by Crippen LogP contribution is 2.10. The molecule has 132 valence electrons. The Bertz CT molecular complexity index is 513. The molecule has 0 aliphatic carbocycles. The number of aromatic nitrogens is 1. The Morgan fingerprint density at radius 2 is 1.96 bits per heavy atom. The molecule has 1 aromatic heterocycles. The standard InChI is InChI=1S/C18H28N4O2/c1-16(23)20-9-4-2-3-7-18(24)22-12-10-21(11-13-22)15-17-6-5-8-19-14-17/h5-6,8,14H,2-4,7,9-13,15H2,1H3,(H,20,23). The summed E-state index contributed by atoms with van der Waals surface area (Å²) in [6.07, 6.45) is 7.12. The smallest absolute Gasteiger partial charge is 0.222 e. The Labute approximate surface area is 144 Å². The van der Waals surface area contributed by atoms with Crippen LogP contribution in [0.4, 0.5) is 0 Å². The maximum atomic E-state index is 12.2. The largest absolute Gasteiger partial charge is 0.356 e. The number of nitrogens with zero attached hydrogens (tertiary/aromatic N) is 3. The van der Waals surface area contributed by atoms with Gasteiger partial charge in [0.2, 0.25) is 11.8 Å². The summed E-state index contributed by atoms with van der Waals surface area (Å²) in [5, 5.41) is 2.78. The van der Waals surface area contributed by atoms with E-state index < -0.39 is 0 Å². The average Bonchev–Trinajstić information content (AvgIpc) is 2.59. The van der Waals surface area contributed by atoms with Crippen LogP contribution in [0.5, 0.6) is 0 Å². The number of carbonyl (C=O) groups is 2. The van der Waals surface area contributed by atoms with E-state index in [1.165, 1.54) is 12.5 Å². The Kier molecular flexibility index (Phi) is 7.68. The fraction of sp³-hybridized carbons (Fsp3) is 0.611. The monoisotopic (exact) mass is 332 g/mol. The van der Waals surface area contributed by atoms with E-state index in [0.717, 1.165) is 52.0 Å². The summed E-state index contributed by atoms with van der Waals surface area (Å²) in [6, 6.07) is 4.05. The van der Waals surface area contributed by atoms with Gasteiger partial charge in [0, 0.05) is 65.0 Å². The molecule has 0 bridgehead atoms. The van der Waals surface area contributed by atoms with Gasteiger partial charge >= 0.3 is 0 Å². The van der Waals surface area contributed by atoms with Crippen LogP contribution in [0, 0.1) is 0 Å². The Morgan fingerprint density at radius 3 is 2.62 bits per heavy atom. The van der Waals surface area contributed by atoms with Gasteiger partial charge < -0.3 is 10.2 Å². The summed E-state index contributed by atoms with van der Waals surface area (Å²) in [5.74, 6) is 0.269. The van der Waals surface area contributed by atoms with Crippen molar-refractivity contribution in [1.29, 1.82) is 0 Å². The first kappa shape index (κ1) is 18.4. The molecule has 1 fully saturated rings. The first-order chi connectivity index (χ1) is 11.6. The molecule has 1 aromatic rings. The first-order valence-corrected chi connectivity index (χ1v) is 8.78. The van der Waals surface area contributed by atoms with Crippen molar-refractivity contribution in [2.24, 2.45) is 0 Å². The lowest BCUT2D eigenvalue weighted by Crippen LogP contribution is -2.48. The van der Waals surface area contributed by atoms with Crippen LogP contribution in [0.15, 0.2) is 24.5 Å². The second-order valence-corrected chi connectivity index (χ2v) is 6.31. The molecule has 1 saturated heterocycles. The van der Waals surface area contributed by atoms with Crippen LogP contribution < -0.4 is 5.32 Å². The van der Waals surface area contributed by atoms with E-state index in [4.69, 9.17) is 0 Å². The third kappa shape index (κ3) is 6.66. The van der Waals surface area contributed by atoms with E-state index in [9.17, 15) is 9.59 Å². The quantitative estimate of drug-likeness (QED) is 0.731. The number of hydrogen-bond acceptors (Lipinski definition) is 4. The predicted octanol–water partition coefficient (Wildman–Crippen LogP) is 1.42. The van der Waals surface area contributed by atoms with Crippen LogP contribution in [0.25, 0.3) is 0 Å². The van der Waals surface area contributed by atoms with Crippen LogP contribution in [0.2, 0.25) is 0 Å². The van der Waals surface area contributed by atoms with Gasteiger partial charge in [-0.25, -0.2) is 0 Å². The summed E-state index contributed by atoms with van der Waals surface area (Å²) in [4.78, 5) is 31.5. The van der Waals surface area contributed by atoms with Gasteiger partial charge in [0.25, 0.3) is 0 Å². The van der Waals surface area contributed by atoms with E-state index in [1.54, 1.807) is 6.20 Å². The minimum absolute atomic E-state index is 0.00947. The fourth-order valence-corrected chi connectivity index (χ4v) is 2.91. The van der Waals surface area contributed by atoms with Gasteiger partial charge in [-0.2, -0.15) is 0 Å². The highest BCUT2D eigenvalue weighted by atomic mass is 16.2. The van der Waals surface area contributed by atoms with Crippen molar-refractivity contribution in [1.82, 2.24) is 20.1 Å². The highest BCUT2D eigenvalue weighted by molar-refractivity contribution is 5.76. The molecule has 0 aromatic carbocycles. The Balaban J connectivity index is 1.58. The molecule has 6 heteroatoms. The number of unbranched alkanes of at least 4 members (excludes halogenated alkanes) is 2. The number of amides is 2. The maximum absolute atomic E-state index is 12.2. The molecule has 24 heavy (non-hydrogen) atoms. The molecule has 0 radical (unpaired) electrons. The molecule has 2 heterocycles. The van der Waals surface area contributed by atoms with Crippen LogP contribution in [-0.4, -0.2) is 59.3 Å². The van der Waals surface area contributed by atoms with Crippen molar-refractivity contribution in [3.8, 4) is 0 Å². The normalized spacial score (nSPS) is 15.3. The minimum Gasteiger partial charge on any atom is -0.356 e. The summed E-state index contributed by atoms with van der Waals surface area (Å²) in [5.41, 5.74) is 1.22. The average molecular weight is 332 g/mol. The number of nitrogens with one attached hydrogen (secondary N) is 1. The van der Waals surface area contributed by atoms with Crippen LogP contribution in [0.3, 0.4) is 0 Å². The molecule has 0 saturated carbocycles. The van der Waals surface area contributed by atoms with E-state index in [0.29, 0.717) is 13.0 Å². The van der Waals surface area contributed by atoms with Gasteiger partial charge in [-0.1, -0.05) is 12.5 Å². The van der Waals surface area contributed by atoms with Gasteiger partial charge in [-0.15, -0.1) is 0 Å². The number of carbonyl (C=O) groups excluding carboxylic acids is 2. The number of hydrogen-bond donors (Lipinski definition) is 1. The van der Waals surface area contributed by atoms with Crippen molar-refractivity contribution in [3.63, 3.8) is 0 Å². The molecule has 1 aliphatic rings. The second kappa shape index (κ2) is 10.0. The summed E-state index contributed by atoms with van der Waals surface area (Å²) in [6.45, 7) is 6.59. The SMILES string of the molecule is CC(=O)NCCCCCC(=O)N1CCN(Cc2cccnc2)CC1. The van der Waals surface area contributed by atoms with E-state index in [-0.39, 0.29) is 11.8 Å². The molecule has 2 amide bonds. The zero-order valence-electron chi connectivity index (χ0n) is 14.5. The fourth-order valence-electron chi connectivity index (χ4n) is 2.91. The predicted molar refractivity (Wildman–Crippen MR) is 93.2 cm³/mol. The molecule has 6 nitrogen and oxygen atoms in total. The minimum atomic E-state index is 0.00947. The molecule has 0 spiro atoms. The molecule has 1 N–H and O–H groups in total. The second-order valence-electron chi connectivity index (χ2n) is 6.31. The zero-order valence-corrected chi connectivity index (χ0v) is 14.5. The summed E-state index contributed by atoms with van der Waals surface area (Å²) < 4.78 is 0. The molecule has 0 atom stereocenters. The van der Waals surface area contributed by atoms with Crippen molar-refractivity contribution in [2.45, 2.75) is 39.2 Å². The molecule has 0 unspecified atom stereocenters. The molecular formula is C18H28N4O2. The van der Waals surface area contributed by atoms with Gasteiger partial charge in [-0.3, -0.25) is 19.5 Å². The van der Waals surface area contributed by atoms with E-state index >= 15 is 0 Å². The maximum Gasteiger partial charge on any atom is 0.222 e. The van der Waals surface area contributed by atoms with Gasteiger partial charge in [0.15, 0.2) is 0 Å². The van der Waals surface area contributed by atoms with Crippen molar-refractivity contribution in [2.75, 3.05) is 32.7 Å². The third-order valence-corrected chi connectivity index (χ3v) is 4.30. The topological polar surface area (TPSA) is 65.5 Å². The first-order valence-electron chi connectivity index (χ1n) is 8.78. The molecule has 1 aliphatic heterocycles. The number of piperazine rings is 1. The van der Waals surface area contributed by atoms with Crippen LogP contribution in [0.1, 0.15) is 38.2 Å². The Hall–Kier alpha value is -1.95. The van der Waals surface area contributed by atoms with Crippen LogP contribution in [-0.2, 0) is 16.1 Å². The summed E-state index contributed by atoms with van der Waals surface area (Å²) in [7, 11) is 0. The molecule has 2 rings (SSSR count). The number of pyridine rings is 1. The lowest BCUT2D eigenvalue weighted by Gasteiger charge is -2.34. The molecular weight excluding hydrogens is 304 g/mol. The van der Waals surface area contributed by atoms with Crippen molar-refractivity contribution in [3.05, 3.63) is 30.1 Å². The van der Waals surface area contributed by atoms with E-state index in [1.807, 2.05) is 17.2 Å². The zero-order chi connectivity index (χ0) is 17.2. The van der Waals surface area contributed by atoms with Gasteiger partial charge in [-0.05, 0) is 24.5 Å². The van der Waals surface area contributed by atoms with Crippen molar-refractivity contribution >= 4 is 11.8 Å². The highest BCUT2D eigenvalue weighted by Gasteiger charge is 2.20. The van der Waals surface area contributed by atoms with Crippen LogP contribution >= 0.6 is 0 Å². The van der Waals surface area contributed by atoms with E-state index in [2.05, 4.69) is 21.3 Å².